The minimum absolute atomic E-state index is 0.242. The van der Waals surface area contributed by atoms with Crippen LogP contribution in [-0.4, -0.2) is 35.1 Å². The van der Waals surface area contributed by atoms with E-state index in [9.17, 15) is 0 Å². The number of nitrogens with one attached hydrogen (secondary N) is 1. The van der Waals surface area contributed by atoms with Crippen LogP contribution in [0, 0.1) is 13.8 Å². The molecule has 1 aromatic heterocycles. The molecule has 1 aliphatic rings. The van der Waals surface area contributed by atoms with Gasteiger partial charge in [-0.1, -0.05) is 0 Å². The minimum atomic E-state index is 0.242. The Bertz CT molecular complexity index is 351. The first kappa shape index (κ1) is 12.0. The van der Waals surface area contributed by atoms with Crippen LogP contribution in [0.5, 0.6) is 0 Å². The lowest BCUT2D eigenvalue weighted by atomic mass is 10.0. The molecule has 1 aliphatic heterocycles. The third kappa shape index (κ3) is 2.44. The number of hydrogen-bond acceptors (Lipinski definition) is 4. The van der Waals surface area contributed by atoms with Crippen LogP contribution < -0.4 is 5.32 Å². The van der Waals surface area contributed by atoms with Crippen LogP contribution in [-0.2, 0) is 6.54 Å². The first-order valence-electron chi connectivity index (χ1n) is 5.88. The maximum absolute atomic E-state index is 4.63. The Morgan fingerprint density at radius 1 is 1.44 bits per heavy atom. The zero-order valence-electron chi connectivity index (χ0n) is 10.6. The summed E-state index contributed by atoms with van der Waals surface area (Å²) in [6.45, 7) is 13.1. The monoisotopic (exact) mass is 239 g/mol. The highest BCUT2D eigenvalue weighted by Crippen LogP contribution is 2.23. The lowest BCUT2D eigenvalue weighted by molar-refractivity contribution is 0.0826. The van der Waals surface area contributed by atoms with E-state index in [0.717, 1.165) is 26.2 Å². The van der Waals surface area contributed by atoms with Gasteiger partial charge in [0.15, 0.2) is 0 Å². The van der Waals surface area contributed by atoms with Crippen molar-refractivity contribution in [1.82, 2.24) is 15.2 Å². The first-order valence-corrected chi connectivity index (χ1v) is 6.69. The van der Waals surface area contributed by atoms with Crippen molar-refractivity contribution in [3.8, 4) is 0 Å². The van der Waals surface area contributed by atoms with Crippen molar-refractivity contribution in [3.05, 3.63) is 15.6 Å². The molecular weight excluding hydrogens is 218 g/mol. The molecule has 0 spiro atoms. The molecule has 0 bridgehead atoms. The fourth-order valence-electron chi connectivity index (χ4n) is 2.09. The van der Waals surface area contributed by atoms with E-state index in [0.29, 0.717) is 0 Å². The van der Waals surface area contributed by atoms with Crippen LogP contribution in [0.3, 0.4) is 0 Å². The van der Waals surface area contributed by atoms with Gasteiger partial charge in [0.2, 0.25) is 0 Å². The number of aryl methyl sites for hydroxylation is 2. The van der Waals surface area contributed by atoms with Crippen molar-refractivity contribution >= 4 is 11.3 Å². The molecule has 90 valence electrons. The van der Waals surface area contributed by atoms with Crippen LogP contribution >= 0.6 is 11.3 Å². The van der Waals surface area contributed by atoms with E-state index < -0.39 is 0 Å². The van der Waals surface area contributed by atoms with Crippen LogP contribution in [0.15, 0.2) is 0 Å². The number of nitrogens with zero attached hydrogens (tertiary/aromatic N) is 2. The fourth-order valence-corrected chi connectivity index (χ4v) is 3.04. The van der Waals surface area contributed by atoms with Crippen LogP contribution in [0.2, 0.25) is 0 Å². The predicted molar refractivity (Wildman–Crippen MR) is 68.9 cm³/mol. The topological polar surface area (TPSA) is 28.2 Å². The molecule has 0 amide bonds. The van der Waals surface area contributed by atoms with Gasteiger partial charge in [0.05, 0.1) is 12.2 Å². The number of hydrogen-bond donors (Lipinski definition) is 1. The van der Waals surface area contributed by atoms with E-state index in [1.807, 2.05) is 11.3 Å². The molecule has 3 nitrogen and oxygen atoms in total. The van der Waals surface area contributed by atoms with Crippen molar-refractivity contribution in [3.63, 3.8) is 0 Å². The summed E-state index contributed by atoms with van der Waals surface area (Å²) in [6.07, 6.45) is 0. The summed E-state index contributed by atoms with van der Waals surface area (Å²) in [6, 6.07) is 0. The fraction of sp³-hybridized carbons (Fsp3) is 0.750. The maximum Gasteiger partial charge on any atom is 0.107 e. The van der Waals surface area contributed by atoms with Gasteiger partial charge < -0.3 is 5.32 Å². The van der Waals surface area contributed by atoms with Gasteiger partial charge in [0.1, 0.15) is 5.01 Å². The second-order valence-corrected chi connectivity index (χ2v) is 6.45. The summed E-state index contributed by atoms with van der Waals surface area (Å²) in [4.78, 5) is 8.51. The molecule has 2 rings (SSSR count). The normalized spacial score (nSPS) is 21.2. The van der Waals surface area contributed by atoms with E-state index >= 15 is 0 Å². The molecule has 2 heterocycles. The average Bonchev–Trinajstić information content (AvgIpc) is 2.50. The summed E-state index contributed by atoms with van der Waals surface area (Å²) >= 11 is 1.84. The third-order valence-corrected chi connectivity index (χ3v) is 4.43. The molecule has 4 heteroatoms. The molecule has 0 saturated carbocycles. The Hall–Kier alpha value is -0.450. The van der Waals surface area contributed by atoms with Gasteiger partial charge in [0.25, 0.3) is 0 Å². The highest BCUT2D eigenvalue weighted by atomic mass is 32.1. The first-order chi connectivity index (χ1) is 7.49. The molecule has 0 radical (unpaired) electrons. The van der Waals surface area contributed by atoms with Crippen molar-refractivity contribution in [2.24, 2.45) is 0 Å². The molecule has 1 fully saturated rings. The lowest BCUT2D eigenvalue weighted by Crippen LogP contribution is -2.57. The number of rotatable bonds is 2. The van der Waals surface area contributed by atoms with Gasteiger partial charge in [-0.05, 0) is 27.7 Å². The second kappa shape index (κ2) is 4.43. The van der Waals surface area contributed by atoms with Crippen molar-refractivity contribution < 1.29 is 0 Å². The molecule has 0 unspecified atom stereocenters. The maximum atomic E-state index is 4.63. The number of thiazole rings is 1. The van der Waals surface area contributed by atoms with E-state index in [1.54, 1.807) is 0 Å². The Morgan fingerprint density at radius 3 is 2.75 bits per heavy atom. The summed E-state index contributed by atoms with van der Waals surface area (Å²) < 4.78 is 0. The Labute approximate surface area is 102 Å². The molecule has 1 aromatic rings. The van der Waals surface area contributed by atoms with Crippen LogP contribution in [0.25, 0.3) is 0 Å². The van der Waals surface area contributed by atoms with Gasteiger partial charge in [-0.25, -0.2) is 4.98 Å². The van der Waals surface area contributed by atoms with Gasteiger partial charge in [-0.3, -0.25) is 4.90 Å². The quantitative estimate of drug-likeness (QED) is 0.855. The molecule has 16 heavy (non-hydrogen) atoms. The summed E-state index contributed by atoms with van der Waals surface area (Å²) in [5.74, 6) is 0. The van der Waals surface area contributed by atoms with Gasteiger partial charge in [-0.2, -0.15) is 0 Å². The molecule has 0 aromatic carbocycles. The van der Waals surface area contributed by atoms with Crippen molar-refractivity contribution in [2.45, 2.75) is 39.8 Å². The SMILES string of the molecule is Cc1nc(CN2CCNCC2(C)C)sc1C. The number of piperazine rings is 1. The Balaban J connectivity index is 2.08. The van der Waals surface area contributed by atoms with Crippen LogP contribution in [0.1, 0.15) is 29.4 Å². The predicted octanol–water partition coefficient (Wildman–Crippen LogP) is 1.94. The Morgan fingerprint density at radius 2 is 2.19 bits per heavy atom. The van der Waals surface area contributed by atoms with Gasteiger partial charge in [-0.15, -0.1) is 11.3 Å². The molecular formula is C12H21N3S. The summed E-state index contributed by atoms with van der Waals surface area (Å²) in [7, 11) is 0. The van der Waals surface area contributed by atoms with Crippen molar-refractivity contribution in [2.75, 3.05) is 19.6 Å². The second-order valence-electron chi connectivity index (χ2n) is 5.16. The average molecular weight is 239 g/mol. The van der Waals surface area contributed by atoms with E-state index in [2.05, 4.69) is 42.9 Å². The molecule has 1 N–H and O–H groups in total. The third-order valence-electron chi connectivity index (χ3n) is 3.37. The summed E-state index contributed by atoms with van der Waals surface area (Å²) in [5, 5.41) is 4.70. The van der Waals surface area contributed by atoms with E-state index in [1.165, 1.54) is 15.6 Å². The number of aromatic nitrogens is 1. The van der Waals surface area contributed by atoms with Crippen molar-refractivity contribution in [1.29, 1.82) is 0 Å². The van der Waals surface area contributed by atoms with E-state index in [4.69, 9.17) is 0 Å². The zero-order chi connectivity index (χ0) is 11.8. The highest BCUT2D eigenvalue weighted by Gasteiger charge is 2.29. The minimum Gasteiger partial charge on any atom is -0.314 e. The molecule has 0 aliphatic carbocycles. The summed E-state index contributed by atoms with van der Waals surface area (Å²) in [5.41, 5.74) is 1.43. The van der Waals surface area contributed by atoms with Gasteiger partial charge in [0, 0.05) is 30.1 Å². The van der Waals surface area contributed by atoms with E-state index in [-0.39, 0.29) is 5.54 Å². The van der Waals surface area contributed by atoms with Gasteiger partial charge >= 0.3 is 0 Å². The standard InChI is InChI=1S/C12H21N3S/c1-9-10(2)16-11(14-9)7-15-6-5-13-8-12(15,3)4/h13H,5-8H2,1-4H3. The highest BCUT2D eigenvalue weighted by molar-refractivity contribution is 7.11. The largest absolute Gasteiger partial charge is 0.314 e. The molecule has 0 atom stereocenters. The van der Waals surface area contributed by atoms with Crippen LogP contribution in [0.4, 0.5) is 0 Å². The molecule has 1 saturated heterocycles. The lowest BCUT2D eigenvalue weighted by Gasteiger charge is -2.42. The Kier molecular flexibility index (Phi) is 3.33. The smallest absolute Gasteiger partial charge is 0.107 e. The zero-order valence-corrected chi connectivity index (χ0v) is 11.4.